The molecule has 23 heavy (non-hydrogen) atoms. The molecule has 0 aliphatic heterocycles. The van der Waals surface area contributed by atoms with Crippen LogP contribution in [0.5, 0.6) is 0 Å². The van der Waals surface area contributed by atoms with Crippen molar-refractivity contribution in [2.24, 2.45) is 0 Å². The van der Waals surface area contributed by atoms with Crippen LogP contribution in [0.1, 0.15) is 16.1 Å². The average Bonchev–Trinajstić information content (AvgIpc) is 3.02. The van der Waals surface area contributed by atoms with Crippen molar-refractivity contribution < 1.29 is 23.1 Å². The molecule has 3 aromatic rings. The number of benzene rings is 1. The second kappa shape index (κ2) is 5.14. The van der Waals surface area contributed by atoms with Crippen LogP contribution in [0.4, 0.5) is 13.2 Å². The molecule has 0 aliphatic carbocycles. The van der Waals surface area contributed by atoms with Crippen molar-refractivity contribution in [3.8, 4) is 5.95 Å². The third-order valence-electron chi connectivity index (χ3n) is 2.94. The number of rotatable bonds is 2. The number of carboxylic acid groups (broad SMARTS) is 1. The van der Waals surface area contributed by atoms with E-state index in [0.717, 1.165) is 6.20 Å². The second-order valence-electron chi connectivity index (χ2n) is 4.48. The number of hydrogen-bond donors (Lipinski definition) is 2. The summed E-state index contributed by atoms with van der Waals surface area (Å²) in [5.74, 6) is -1.85. The molecule has 0 saturated carbocycles. The predicted molar refractivity (Wildman–Crippen MR) is 75.2 cm³/mol. The van der Waals surface area contributed by atoms with Gasteiger partial charge in [-0.15, -0.1) is 0 Å². The van der Waals surface area contributed by atoms with E-state index in [1.165, 1.54) is 12.1 Å². The first-order chi connectivity index (χ1) is 10.7. The summed E-state index contributed by atoms with van der Waals surface area (Å²) in [5.41, 5.74) is -1.73. The number of halogens is 5. The molecule has 0 saturated heterocycles. The molecule has 2 N–H and O–H groups in total. The first kappa shape index (κ1) is 15.6. The van der Waals surface area contributed by atoms with Crippen molar-refractivity contribution >= 4 is 40.2 Å². The summed E-state index contributed by atoms with van der Waals surface area (Å²) >= 11 is 11.7. The van der Waals surface area contributed by atoms with E-state index in [4.69, 9.17) is 28.3 Å². The molecule has 0 radical (unpaired) electrons. The number of aromatic carboxylic acids is 1. The predicted octanol–water partition coefficient (Wildman–Crippen LogP) is 3.77. The number of carbonyl (C=O) groups is 1. The Labute approximate surface area is 135 Å². The molecule has 2 aromatic heterocycles. The first-order valence-corrected chi connectivity index (χ1v) is 6.67. The summed E-state index contributed by atoms with van der Waals surface area (Å²) in [6, 6.07) is 2.87. The lowest BCUT2D eigenvalue weighted by Crippen LogP contribution is -2.12. The Kier molecular flexibility index (Phi) is 3.49. The maximum atomic E-state index is 12.8. The van der Waals surface area contributed by atoms with Crippen molar-refractivity contribution in [3.63, 3.8) is 0 Å². The van der Waals surface area contributed by atoms with Crippen LogP contribution in [-0.4, -0.2) is 30.8 Å². The Hall–Kier alpha value is -2.26. The molecule has 0 amide bonds. The van der Waals surface area contributed by atoms with E-state index in [1.807, 2.05) is 0 Å². The van der Waals surface area contributed by atoms with Gasteiger partial charge in [0.2, 0.25) is 5.95 Å². The van der Waals surface area contributed by atoms with Gasteiger partial charge in [-0.2, -0.15) is 18.3 Å². The first-order valence-electron chi connectivity index (χ1n) is 5.92. The summed E-state index contributed by atoms with van der Waals surface area (Å²) < 4.78 is 39.2. The number of imidazole rings is 1. The normalized spacial score (nSPS) is 12.0. The summed E-state index contributed by atoms with van der Waals surface area (Å²) in [7, 11) is 0. The molecular weight excluding hydrogens is 360 g/mol. The van der Waals surface area contributed by atoms with Gasteiger partial charge in [0.05, 0.1) is 21.1 Å². The van der Waals surface area contributed by atoms with E-state index >= 15 is 0 Å². The van der Waals surface area contributed by atoms with E-state index in [9.17, 15) is 18.0 Å². The number of nitrogens with one attached hydrogen (secondary N) is 1. The Morgan fingerprint density at radius 2 is 1.91 bits per heavy atom. The van der Waals surface area contributed by atoms with Crippen LogP contribution in [0.15, 0.2) is 18.3 Å². The summed E-state index contributed by atoms with van der Waals surface area (Å²) in [5, 5.41) is 12.6. The molecule has 3 rings (SSSR count). The zero-order valence-electron chi connectivity index (χ0n) is 10.8. The van der Waals surface area contributed by atoms with Gasteiger partial charge in [0, 0.05) is 6.20 Å². The molecule has 120 valence electrons. The van der Waals surface area contributed by atoms with Crippen LogP contribution in [0.3, 0.4) is 0 Å². The van der Waals surface area contributed by atoms with Crippen LogP contribution in [0.25, 0.3) is 17.0 Å². The minimum Gasteiger partial charge on any atom is -0.478 e. The highest BCUT2D eigenvalue weighted by Gasteiger charge is 2.39. The Balaban J connectivity index is 2.17. The number of aromatic amines is 1. The number of H-pyrrole nitrogens is 1. The van der Waals surface area contributed by atoms with Gasteiger partial charge in [-0.25, -0.2) is 14.5 Å². The van der Waals surface area contributed by atoms with E-state index in [-0.39, 0.29) is 16.0 Å². The van der Waals surface area contributed by atoms with Gasteiger partial charge in [0.15, 0.2) is 5.69 Å². The minimum atomic E-state index is -4.91. The van der Waals surface area contributed by atoms with Gasteiger partial charge >= 0.3 is 12.1 Å². The second-order valence-corrected chi connectivity index (χ2v) is 5.30. The van der Waals surface area contributed by atoms with Crippen molar-refractivity contribution in [1.29, 1.82) is 0 Å². The lowest BCUT2D eigenvalue weighted by Gasteiger charge is -2.02. The third-order valence-corrected chi connectivity index (χ3v) is 3.66. The standard InChI is InChI=1S/C12H5Cl2F3N4O2/c13-5-1-7-8(2-6(5)14)19-11(18-7)21-3-4(10(22)23)9(20-21)12(15,16)17/h1-3H,(H,18,19)(H,22,23). The highest BCUT2D eigenvalue weighted by Crippen LogP contribution is 2.32. The average molecular weight is 365 g/mol. The molecule has 2 heterocycles. The Morgan fingerprint density at radius 1 is 1.26 bits per heavy atom. The van der Waals surface area contributed by atoms with E-state index < -0.39 is 23.4 Å². The fourth-order valence-electron chi connectivity index (χ4n) is 1.95. The van der Waals surface area contributed by atoms with Crippen LogP contribution in [0, 0.1) is 0 Å². The highest BCUT2D eigenvalue weighted by atomic mass is 35.5. The number of hydrogen-bond acceptors (Lipinski definition) is 3. The molecule has 1 aromatic carbocycles. The summed E-state index contributed by atoms with van der Waals surface area (Å²) in [4.78, 5) is 17.7. The monoisotopic (exact) mass is 364 g/mol. The van der Waals surface area contributed by atoms with Gasteiger partial charge in [0.1, 0.15) is 5.56 Å². The van der Waals surface area contributed by atoms with Crippen LogP contribution in [0.2, 0.25) is 10.0 Å². The van der Waals surface area contributed by atoms with Gasteiger partial charge in [0.25, 0.3) is 0 Å². The van der Waals surface area contributed by atoms with Crippen LogP contribution in [-0.2, 0) is 6.18 Å². The van der Waals surface area contributed by atoms with Crippen molar-refractivity contribution in [3.05, 3.63) is 39.6 Å². The Morgan fingerprint density at radius 3 is 2.48 bits per heavy atom. The van der Waals surface area contributed by atoms with Crippen molar-refractivity contribution in [2.45, 2.75) is 6.18 Å². The van der Waals surface area contributed by atoms with Gasteiger partial charge in [-0.3, -0.25) is 0 Å². The lowest BCUT2D eigenvalue weighted by atomic mass is 10.2. The number of aromatic nitrogens is 4. The molecular formula is C12H5Cl2F3N4O2. The zero-order chi connectivity index (χ0) is 16.9. The quantitative estimate of drug-likeness (QED) is 0.724. The molecule has 0 unspecified atom stereocenters. The highest BCUT2D eigenvalue weighted by molar-refractivity contribution is 6.42. The molecule has 0 bridgehead atoms. The smallest absolute Gasteiger partial charge is 0.436 e. The molecule has 0 fully saturated rings. The Bertz CT molecular complexity index is 893. The molecule has 0 atom stereocenters. The molecule has 0 spiro atoms. The minimum absolute atomic E-state index is 0.101. The van der Waals surface area contributed by atoms with Crippen molar-refractivity contribution in [1.82, 2.24) is 19.7 Å². The van der Waals surface area contributed by atoms with Crippen molar-refractivity contribution in [2.75, 3.05) is 0 Å². The fourth-order valence-corrected chi connectivity index (χ4v) is 2.27. The van der Waals surface area contributed by atoms with E-state index in [2.05, 4.69) is 15.1 Å². The van der Waals surface area contributed by atoms with E-state index in [1.54, 1.807) is 0 Å². The van der Waals surface area contributed by atoms with Gasteiger partial charge < -0.3 is 10.1 Å². The fraction of sp³-hybridized carbons (Fsp3) is 0.0833. The number of carboxylic acids is 1. The van der Waals surface area contributed by atoms with Gasteiger partial charge in [-0.1, -0.05) is 23.2 Å². The number of alkyl halides is 3. The molecule has 0 aliphatic rings. The lowest BCUT2D eigenvalue weighted by molar-refractivity contribution is -0.141. The number of fused-ring (bicyclic) bond motifs is 1. The largest absolute Gasteiger partial charge is 0.478 e. The number of nitrogens with zero attached hydrogens (tertiary/aromatic N) is 3. The topological polar surface area (TPSA) is 83.8 Å². The van der Waals surface area contributed by atoms with Crippen LogP contribution >= 0.6 is 23.2 Å². The zero-order valence-corrected chi connectivity index (χ0v) is 12.3. The van der Waals surface area contributed by atoms with Crippen LogP contribution < -0.4 is 0 Å². The molecule has 11 heteroatoms. The molecule has 6 nitrogen and oxygen atoms in total. The third kappa shape index (κ3) is 2.73. The maximum Gasteiger partial charge on any atom is 0.436 e. The summed E-state index contributed by atoms with van der Waals surface area (Å²) in [6.07, 6.45) is -4.18. The van der Waals surface area contributed by atoms with Gasteiger partial charge in [-0.05, 0) is 12.1 Å². The SMILES string of the molecule is O=C(O)c1cn(-c2nc3cc(Cl)c(Cl)cc3[nH]2)nc1C(F)(F)F. The maximum absolute atomic E-state index is 12.8. The van der Waals surface area contributed by atoms with E-state index in [0.29, 0.717) is 15.7 Å². The summed E-state index contributed by atoms with van der Waals surface area (Å²) in [6.45, 7) is 0.